The van der Waals surface area contributed by atoms with Crippen molar-refractivity contribution in [1.82, 2.24) is 10.3 Å². The van der Waals surface area contributed by atoms with Gasteiger partial charge < -0.3 is 19.5 Å². The Hall–Kier alpha value is -3.20. The third-order valence-corrected chi connectivity index (χ3v) is 5.46. The van der Waals surface area contributed by atoms with E-state index >= 15 is 0 Å². The lowest BCUT2D eigenvalue weighted by molar-refractivity contribution is -0.129. The van der Waals surface area contributed by atoms with Crippen molar-refractivity contribution in [3.05, 3.63) is 53.6 Å². The van der Waals surface area contributed by atoms with Gasteiger partial charge >= 0.3 is 0 Å². The number of thioether (sulfide) groups is 1. The molecule has 2 aromatic rings. The van der Waals surface area contributed by atoms with Crippen molar-refractivity contribution in [1.29, 1.82) is 0 Å². The van der Waals surface area contributed by atoms with Gasteiger partial charge in [-0.15, -0.1) is 5.10 Å². The van der Waals surface area contributed by atoms with E-state index in [1.807, 2.05) is 37.3 Å². The Kier molecular flexibility index (Phi) is 7.41. The van der Waals surface area contributed by atoms with Crippen LogP contribution in [0.1, 0.15) is 30.3 Å². The lowest BCUT2D eigenvalue weighted by atomic mass is 10.2. The number of amidine groups is 1. The molecule has 9 heteroatoms. The molecule has 0 aromatic heterocycles. The van der Waals surface area contributed by atoms with Gasteiger partial charge in [0.1, 0.15) is 24.3 Å². The fraction of sp³-hybridized carbons (Fsp3) is 0.318. The van der Waals surface area contributed by atoms with Gasteiger partial charge in [-0.3, -0.25) is 9.59 Å². The van der Waals surface area contributed by atoms with Crippen molar-refractivity contribution in [2.24, 2.45) is 5.10 Å². The molecule has 1 N–H and O–H groups in total. The van der Waals surface area contributed by atoms with Gasteiger partial charge in [0.05, 0.1) is 7.11 Å². The summed E-state index contributed by atoms with van der Waals surface area (Å²) in [7, 11) is 1.55. The molecule has 1 heterocycles. The third-order valence-electron chi connectivity index (χ3n) is 4.35. The Morgan fingerprint density at radius 3 is 2.42 bits per heavy atom. The molecule has 1 aliphatic heterocycles. The first-order chi connectivity index (χ1) is 14.9. The maximum absolute atomic E-state index is 12.0. The molecular formula is C22H25N3O5S. The van der Waals surface area contributed by atoms with Gasteiger partial charge in [0.15, 0.2) is 16.7 Å². The topological polar surface area (TPSA) is 89.5 Å². The minimum Gasteiger partial charge on any atom is -0.493 e. The normalized spacial score (nSPS) is 15.3. The van der Waals surface area contributed by atoms with Crippen LogP contribution >= 0.6 is 11.8 Å². The molecule has 0 saturated heterocycles. The number of amides is 2. The molecular weight excluding hydrogens is 418 g/mol. The van der Waals surface area contributed by atoms with Gasteiger partial charge in [-0.05, 0) is 36.8 Å². The SMILES string of the molecule is COc1cc([C@@H]2SC(NC(C)=O)=NN2C(C)=O)ccc1OCCOc1ccc(C)cc1. The summed E-state index contributed by atoms with van der Waals surface area (Å²) in [5.74, 6) is 1.41. The third kappa shape index (κ3) is 5.91. The summed E-state index contributed by atoms with van der Waals surface area (Å²) in [5.41, 5.74) is 1.97. The van der Waals surface area contributed by atoms with Gasteiger partial charge in [-0.1, -0.05) is 35.5 Å². The zero-order chi connectivity index (χ0) is 22.4. The van der Waals surface area contributed by atoms with Crippen LogP contribution < -0.4 is 19.5 Å². The van der Waals surface area contributed by atoms with Gasteiger partial charge in [-0.25, -0.2) is 5.01 Å². The van der Waals surface area contributed by atoms with Crippen molar-refractivity contribution in [3.63, 3.8) is 0 Å². The summed E-state index contributed by atoms with van der Waals surface area (Å²) in [4.78, 5) is 23.4. The molecule has 164 valence electrons. The molecule has 2 aromatic carbocycles. The van der Waals surface area contributed by atoms with E-state index in [0.29, 0.717) is 29.9 Å². The Morgan fingerprint density at radius 2 is 1.77 bits per heavy atom. The number of hydrogen-bond donors (Lipinski definition) is 1. The second-order valence-corrected chi connectivity index (χ2v) is 7.91. The standard InChI is InChI=1S/C22H25N3O5S/c1-14-5-8-18(9-6-14)29-11-12-30-19-10-7-17(13-20(19)28-4)21-25(16(3)27)24-22(31-21)23-15(2)26/h5-10,13,21H,11-12H2,1-4H3,(H,23,24,26)/t21-/m0/s1. The maximum atomic E-state index is 12.0. The Labute approximate surface area is 185 Å². The Bertz CT molecular complexity index is 978. The van der Waals surface area contributed by atoms with Crippen LogP contribution in [0.15, 0.2) is 47.6 Å². The van der Waals surface area contributed by atoms with E-state index in [2.05, 4.69) is 10.4 Å². The van der Waals surface area contributed by atoms with Crippen LogP contribution in [0.4, 0.5) is 0 Å². The molecule has 0 bridgehead atoms. The van der Waals surface area contributed by atoms with Crippen molar-refractivity contribution in [2.45, 2.75) is 26.1 Å². The lowest BCUT2D eigenvalue weighted by Gasteiger charge is -2.20. The van der Waals surface area contributed by atoms with E-state index in [4.69, 9.17) is 14.2 Å². The largest absolute Gasteiger partial charge is 0.493 e. The summed E-state index contributed by atoms with van der Waals surface area (Å²) < 4.78 is 17.0. The number of nitrogens with one attached hydrogen (secondary N) is 1. The van der Waals surface area contributed by atoms with E-state index in [9.17, 15) is 9.59 Å². The number of rotatable bonds is 7. The van der Waals surface area contributed by atoms with E-state index in [-0.39, 0.29) is 11.8 Å². The average molecular weight is 444 g/mol. The van der Waals surface area contributed by atoms with Crippen molar-refractivity contribution < 1.29 is 23.8 Å². The predicted molar refractivity (Wildman–Crippen MR) is 119 cm³/mol. The molecule has 0 saturated carbocycles. The summed E-state index contributed by atoms with van der Waals surface area (Å²) in [6, 6.07) is 13.3. The van der Waals surface area contributed by atoms with E-state index in [1.165, 1.54) is 36.2 Å². The summed E-state index contributed by atoms with van der Waals surface area (Å²) in [5, 5.41) is 8.13. The first-order valence-corrected chi connectivity index (χ1v) is 10.6. The number of methoxy groups -OCH3 is 1. The van der Waals surface area contributed by atoms with Crippen molar-refractivity contribution in [3.8, 4) is 17.2 Å². The monoisotopic (exact) mass is 443 g/mol. The highest BCUT2D eigenvalue weighted by Crippen LogP contribution is 2.41. The molecule has 0 aliphatic carbocycles. The zero-order valence-corrected chi connectivity index (χ0v) is 18.7. The lowest BCUT2D eigenvalue weighted by Crippen LogP contribution is -2.25. The molecule has 0 unspecified atom stereocenters. The molecule has 0 radical (unpaired) electrons. The zero-order valence-electron chi connectivity index (χ0n) is 17.9. The van der Waals surface area contributed by atoms with E-state index in [0.717, 1.165) is 11.3 Å². The smallest absolute Gasteiger partial charge is 0.241 e. The van der Waals surface area contributed by atoms with Crippen LogP contribution in [0.5, 0.6) is 17.2 Å². The minimum atomic E-state index is -0.410. The number of aryl methyl sites for hydroxylation is 1. The van der Waals surface area contributed by atoms with Crippen molar-refractivity contribution in [2.75, 3.05) is 20.3 Å². The highest BCUT2D eigenvalue weighted by Gasteiger charge is 2.32. The molecule has 0 fully saturated rings. The Morgan fingerprint density at radius 1 is 1.06 bits per heavy atom. The van der Waals surface area contributed by atoms with Gasteiger partial charge in [-0.2, -0.15) is 0 Å². The summed E-state index contributed by atoms with van der Waals surface area (Å²) >= 11 is 1.28. The number of carbonyl (C=O) groups is 2. The predicted octanol–water partition coefficient (Wildman–Crippen LogP) is 3.46. The van der Waals surface area contributed by atoms with Crippen LogP contribution in [0.25, 0.3) is 0 Å². The summed E-state index contributed by atoms with van der Waals surface area (Å²) in [6.45, 7) is 5.58. The van der Waals surface area contributed by atoms with E-state index in [1.54, 1.807) is 19.2 Å². The number of hydrazone groups is 1. The molecule has 1 atom stereocenters. The molecule has 0 spiro atoms. The first kappa shape index (κ1) is 22.5. The second-order valence-electron chi connectivity index (χ2n) is 6.84. The van der Waals surface area contributed by atoms with Crippen LogP contribution in [0, 0.1) is 6.92 Å². The van der Waals surface area contributed by atoms with Gasteiger partial charge in [0, 0.05) is 13.8 Å². The average Bonchev–Trinajstić information content (AvgIpc) is 3.16. The highest BCUT2D eigenvalue weighted by molar-refractivity contribution is 8.14. The van der Waals surface area contributed by atoms with Crippen LogP contribution in [-0.4, -0.2) is 42.3 Å². The Balaban J connectivity index is 1.64. The first-order valence-electron chi connectivity index (χ1n) is 9.70. The molecule has 8 nitrogen and oxygen atoms in total. The van der Waals surface area contributed by atoms with Crippen LogP contribution in [0.2, 0.25) is 0 Å². The highest BCUT2D eigenvalue weighted by atomic mass is 32.2. The number of carbonyl (C=O) groups excluding carboxylic acids is 2. The quantitative estimate of drug-likeness (QED) is 0.659. The van der Waals surface area contributed by atoms with Crippen LogP contribution in [0.3, 0.4) is 0 Å². The summed E-state index contributed by atoms with van der Waals surface area (Å²) in [6.07, 6.45) is 0. The molecule has 3 rings (SSSR count). The second kappa shape index (κ2) is 10.2. The number of benzene rings is 2. The fourth-order valence-corrected chi connectivity index (χ4v) is 4.01. The molecule has 2 amide bonds. The number of ether oxygens (including phenoxy) is 3. The van der Waals surface area contributed by atoms with Gasteiger partial charge in [0.2, 0.25) is 11.8 Å². The van der Waals surface area contributed by atoms with E-state index < -0.39 is 5.37 Å². The van der Waals surface area contributed by atoms with Crippen LogP contribution in [-0.2, 0) is 9.59 Å². The number of hydrogen-bond acceptors (Lipinski definition) is 7. The maximum Gasteiger partial charge on any atom is 0.241 e. The van der Waals surface area contributed by atoms with Crippen molar-refractivity contribution >= 4 is 28.7 Å². The number of nitrogens with zero attached hydrogens (tertiary/aromatic N) is 2. The molecule has 31 heavy (non-hydrogen) atoms. The minimum absolute atomic E-state index is 0.231. The fourth-order valence-electron chi connectivity index (χ4n) is 2.88. The molecule has 1 aliphatic rings. The van der Waals surface area contributed by atoms with Gasteiger partial charge in [0.25, 0.3) is 0 Å².